The van der Waals surface area contributed by atoms with Crippen LogP contribution >= 0.6 is 31.9 Å². The minimum atomic E-state index is -0.441. The summed E-state index contributed by atoms with van der Waals surface area (Å²) in [6.07, 6.45) is 0. The van der Waals surface area contributed by atoms with Crippen molar-refractivity contribution in [3.63, 3.8) is 0 Å². The Kier molecular flexibility index (Phi) is 3.68. The maximum absolute atomic E-state index is 13.4. The Morgan fingerprint density at radius 2 is 1.84 bits per heavy atom. The molecule has 0 bridgehead atoms. The Morgan fingerprint density at radius 3 is 2.47 bits per heavy atom. The predicted molar refractivity (Wildman–Crippen MR) is 76.4 cm³/mol. The number of nitrogens with zero attached hydrogens (tertiary/aromatic N) is 3. The van der Waals surface area contributed by atoms with Crippen LogP contribution in [0.25, 0.3) is 11.3 Å². The van der Waals surface area contributed by atoms with Crippen LogP contribution in [0.1, 0.15) is 5.56 Å². The van der Waals surface area contributed by atoms with E-state index < -0.39 is 5.82 Å². The van der Waals surface area contributed by atoms with Gasteiger partial charge in [0.2, 0.25) is 5.95 Å². The van der Waals surface area contributed by atoms with Crippen LogP contribution in [0.15, 0.2) is 21.1 Å². The largest absolute Gasteiger partial charge is 0.382 e. The van der Waals surface area contributed by atoms with Crippen LogP contribution in [-0.2, 0) is 0 Å². The van der Waals surface area contributed by atoms with Crippen LogP contribution < -0.4 is 11.5 Å². The fourth-order valence-electron chi connectivity index (χ4n) is 1.51. The lowest BCUT2D eigenvalue weighted by molar-refractivity contribution is 0.620. The minimum Gasteiger partial charge on any atom is -0.382 e. The SMILES string of the molecule is N#Cc1c(N)nc(N)nc1-c1cc(Br)c(F)cc1Br. The van der Waals surface area contributed by atoms with E-state index >= 15 is 0 Å². The molecule has 0 aliphatic rings. The first-order valence-electron chi connectivity index (χ1n) is 4.92. The van der Waals surface area contributed by atoms with Gasteiger partial charge in [0.15, 0.2) is 0 Å². The number of benzene rings is 1. The first kappa shape index (κ1) is 13.7. The minimum absolute atomic E-state index is 0.0163. The van der Waals surface area contributed by atoms with Crippen molar-refractivity contribution in [3.05, 3.63) is 32.5 Å². The molecule has 0 fully saturated rings. The van der Waals surface area contributed by atoms with Gasteiger partial charge in [-0.1, -0.05) is 0 Å². The summed E-state index contributed by atoms with van der Waals surface area (Å²) in [5, 5.41) is 9.11. The predicted octanol–water partition coefficient (Wildman–Crippen LogP) is 2.84. The Balaban J connectivity index is 2.79. The van der Waals surface area contributed by atoms with Gasteiger partial charge in [-0.15, -0.1) is 0 Å². The zero-order chi connectivity index (χ0) is 14.2. The molecule has 0 spiro atoms. The number of nitrogen functional groups attached to an aromatic ring is 2. The molecule has 0 saturated heterocycles. The molecular formula is C11H6Br2FN5. The molecule has 1 aromatic heterocycles. The van der Waals surface area contributed by atoms with Gasteiger partial charge in [0.1, 0.15) is 23.3 Å². The number of nitrogens with two attached hydrogens (primary N) is 2. The molecule has 5 nitrogen and oxygen atoms in total. The highest BCUT2D eigenvalue weighted by Crippen LogP contribution is 2.34. The van der Waals surface area contributed by atoms with Crippen molar-refractivity contribution in [2.45, 2.75) is 0 Å². The van der Waals surface area contributed by atoms with E-state index in [4.69, 9.17) is 16.7 Å². The summed E-state index contributed by atoms with van der Waals surface area (Å²) in [6.45, 7) is 0. The molecule has 1 heterocycles. The van der Waals surface area contributed by atoms with Crippen LogP contribution in [0.5, 0.6) is 0 Å². The molecule has 8 heteroatoms. The second-order valence-corrected chi connectivity index (χ2v) is 5.26. The number of nitriles is 1. The molecule has 0 amide bonds. The average Bonchev–Trinajstić information content (AvgIpc) is 2.33. The number of rotatable bonds is 1. The smallest absolute Gasteiger partial charge is 0.222 e. The fraction of sp³-hybridized carbons (Fsp3) is 0. The fourth-order valence-corrected chi connectivity index (χ4v) is 2.35. The van der Waals surface area contributed by atoms with Crippen molar-refractivity contribution < 1.29 is 4.39 Å². The third-order valence-electron chi connectivity index (χ3n) is 2.33. The van der Waals surface area contributed by atoms with E-state index in [9.17, 15) is 4.39 Å². The van der Waals surface area contributed by atoms with E-state index in [2.05, 4.69) is 41.8 Å². The van der Waals surface area contributed by atoms with Gasteiger partial charge in [-0.05, 0) is 44.0 Å². The highest BCUT2D eigenvalue weighted by molar-refractivity contribution is 9.11. The number of anilines is 2. The van der Waals surface area contributed by atoms with E-state index in [0.717, 1.165) is 0 Å². The Bertz CT molecular complexity index is 711. The van der Waals surface area contributed by atoms with Crippen LogP contribution in [0, 0.1) is 17.1 Å². The van der Waals surface area contributed by atoms with Gasteiger partial charge in [0, 0.05) is 10.0 Å². The quantitative estimate of drug-likeness (QED) is 0.733. The van der Waals surface area contributed by atoms with Crippen molar-refractivity contribution in [1.29, 1.82) is 5.26 Å². The molecule has 2 rings (SSSR count). The molecule has 2 aromatic rings. The van der Waals surface area contributed by atoms with Crippen molar-refractivity contribution in [3.8, 4) is 17.3 Å². The van der Waals surface area contributed by atoms with Gasteiger partial charge in [-0.25, -0.2) is 9.37 Å². The molecule has 4 N–H and O–H groups in total. The highest BCUT2D eigenvalue weighted by Gasteiger charge is 2.17. The van der Waals surface area contributed by atoms with Crippen molar-refractivity contribution in [2.24, 2.45) is 0 Å². The van der Waals surface area contributed by atoms with E-state index in [1.54, 1.807) is 0 Å². The van der Waals surface area contributed by atoms with Crippen molar-refractivity contribution in [2.75, 3.05) is 11.5 Å². The molecule has 0 radical (unpaired) electrons. The molecule has 19 heavy (non-hydrogen) atoms. The molecule has 0 aliphatic carbocycles. The number of halogens is 3. The average molecular weight is 387 g/mol. The molecular weight excluding hydrogens is 381 g/mol. The molecule has 0 atom stereocenters. The van der Waals surface area contributed by atoms with Gasteiger partial charge in [0.25, 0.3) is 0 Å². The third kappa shape index (κ3) is 2.52. The molecule has 0 unspecified atom stereocenters. The third-order valence-corrected chi connectivity index (χ3v) is 3.59. The van der Waals surface area contributed by atoms with Crippen molar-refractivity contribution >= 4 is 43.6 Å². The maximum Gasteiger partial charge on any atom is 0.222 e. The maximum atomic E-state index is 13.4. The summed E-state index contributed by atoms with van der Waals surface area (Å²) < 4.78 is 14.1. The summed E-state index contributed by atoms with van der Waals surface area (Å²) in [6, 6.07) is 4.66. The van der Waals surface area contributed by atoms with Crippen LogP contribution in [-0.4, -0.2) is 9.97 Å². The van der Waals surface area contributed by atoms with Crippen LogP contribution in [0.4, 0.5) is 16.2 Å². The Labute approximate surface area is 124 Å². The summed E-state index contributed by atoms with van der Waals surface area (Å²) in [7, 11) is 0. The number of hydrogen-bond acceptors (Lipinski definition) is 5. The highest BCUT2D eigenvalue weighted by atomic mass is 79.9. The lowest BCUT2D eigenvalue weighted by Gasteiger charge is -2.09. The second-order valence-electron chi connectivity index (χ2n) is 3.55. The van der Waals surface area contributed by atoms with Crippen molar-refractivity contribution in [1.82, 2.24) is 9.97 Å². The van der Waals surface area contributed by atoms with Gasteiger partial charge < -0.3 is 11.5 Å². The van der Waals surface area contributed by atoms with Gasteiger partial charge in [-0.3, -0.25) is 0 Å². The summed E-state index contributed by atoms with van der Waals surface area (Å²) in [5.74, 6) is -0.514. The van der Waals surface area contributed by atoms with Crippen LogP contribution in [0.3, 0.4) is 0 Å². The van der Waals surface area contributed by atoms with Gasteiger partial charge >= 0.3 is 0 Å². The lowest BCUT2D eigenvalue weighted by Crippen LogP contribution is -2.05. The zero-order valence-corrected chi connectivity index (χ0v) is 12.5. The molecule has 96 valence electrons. The monoisotopic (exact) mass is 385 g/mol. The van der Waals surface area contributed by atoms with E-state index in [1.807, 2.05) is 6.07 Å². The van der Waals surface area contributed by atoms with Gasteiger partial charge in [-0.2, -0.15) is 10.2 Å². The normalized spacial score (nSPS) is 10.2. The van der Waals surface area contributed by atoms with Gasteiger partial charge in [0.05, 0.1) is 10.2 Å². The molecule has 0 aliphatic heterocycles. The summed E-state index contributed by atoms with van der Waals surface area (Å²) >= 11 is 6.29. The van der Waals surface area contributed by atoms with E-state index in [1.165, 1.54) is 12.1 Å². The molecule has 0 saturated carbocycles. The Hall–Kier alpha value is -1.72. The van der Waals surface area contributed by atoms with E-state index in [-0.39, 0.29) is 27.5 Å². The first-order valence-corrected chi connectivity index (χ1v) is 6.50. The topological polar surface area (TPSA) is 102 Å². The number of hydrogen-bond donors (Lipinski definition) is 2. The Morgan fingerprint density at radius 1 is 1.16 bits per heavy atom. The zero-order valence-electron chi connectivity index (χ0n) is 9.28. The van der Waals surface area contributed by atoms with Crippen LogP contribution in [0.2, 0.25) is 0 Å². The number of aromatic nitrogens is 2. The lowest BCUT2D eigenvalue weighted by atomic mass is 10.1. The molecule has 1 aromatic carbocycles. The second kappa shape index (κ2) is 5.11. The summed E-state index contributed by atoms with van der Waals surface area (Å²) in [4.78, 5) is 7.72. The first-order chi connectivity index (χ1) is 8.93. The van der Waals surface area contributed by atoms with E-state index in [0.29, 0.717) is 10.0 Å². The summed E-state index contributed by atoms with van der Waals surface area (Å²) in [5.41, 5.74) is 12.0. The standard InChI is InChI=1S/C11H6Br2FN5/c12-6-2-8(14)7(13)1-4(6)9-5(3-15)10(16)19-11(17)18-9/h1-2H,(H4,16,17,18,19).